The quantitative estimate of drug-likeness (QED) is 0.690. The van der Waals surface area contributed by atoms with Gasteiger partial charge in [0.2, 0.25) is 0 Å². The number of rotatable bonds is 0. The van der Waals surface area contributed by atoms with Crippen LogP contribution in [0.5, 0.6) is 5.75 Å². The first-order chi connectivity index (χ1) is 11.6. The molecule has 0 amide bonds. The minimum absolute atomic E-state index is 0.251. The molecule has 0 radical (unpaired) electrons. The van der Waals surface area contributed by atoms with E-state index in [2.05, 4.69) is 40.6 Å². The normalized spacial score (nSPS) is 22.9. The molecule has 1 N–H and O–H groups in total. The molecule has 0 fully saturated rings. The van der Waals surface area contributed by atoms with Gasteiger partial charge in [0.25, 0.3) is 0 Å². The fourth-order valence-corrected chi connectivity index (χ4v) is 4.68. The van der Waals surface area contributed by atoms with Gasteiger partial charge in [0, 0.05) is 35.5 Å². The van der Waals surface area contributed by atoms with Gasteiger partial charge in [-0.15, -0.1) is 0 Å². The Bertz CT molecular complexity index is 959. The van der Waals surface area contributed by atoms with Crippen molar-refractivity contribution >= 4 is 10.9 Å². The molecule has 2 aliphatic rings. The number of aromatic nitrogens is 2. The summed E-state index contributed by atoms with van der Waals surface area (Å²) in [5.74, 6) is 0.352. The molecule has 5 rings (SSSR count). The Kier molecular flexibility index (Phi) is 2.83. The van der Waals surface area contributed by atoms with Gasteiger partial charge in [-0.3, -0.25) is 9.88 Å². The molecule has 2 aliphatic heterocycles. The van der Waals surface area contributed by atoms with Crippen molar-refractivity contribution in [3.05, 3.63) is 59.0 Å². The van der Waals surface area contributed by atoms with Crippen LogP contribution in [-0.4, -0.2) is 33.1 Å². The van der Waals surface area contributed by atoms with E-state index in [1.165, 1.54) is 33.3 Å². The van der Waals surface area contributed by atoms with E-state index in [1.807, 2.05) is 18.5 Å². The minimum Gasteiger partial charge on any atom is -0.508 e. The average molecular weight is 319 g/mol. The Hall–Kier alpha value is -2.33. The van der Waals surface area contributed by atoms with Gasteiger partial charge in [0.05, 0.1) is 12.1 Å². The average Bonchev–Trinajstić information content (AvgIpc) is 2.83. The van der Waals surface area contributed by atoms with Crippen LogP contribution in [-0.2, 0) is 12.8 Å². The van der Waals surface area contributed by atoms with Crippen LogP contribution in [0.3, 0.4) is 0 Å². The first kappa shape index (κ1) is 14.1. The van der Waals surface area contributed by atoms with Crippen LogP contribution in [0.25, 0.3) is 10.9 Å². The molecule has 0 bridgehead atoms. The van der Waals surface area contributed by atoms with Gasteiger partial charge in [-0.2, -0.15) is 0 Å². The van der Waals surface area contributed by atoms with Gasteiger partial charge in [-0.1, -0.05) is 0 Å². The maximum atomic E-state index is 10.00. The number of hydrogen-bond donors (Lipinski definition) is 1. The van der Waals surface area contributed by atoms with Gasteiger partial charge >= 0.3 is 0 Å². The zero-order valence-corrected chi connectivity index (χ0v) is 14.0. The zero-order valence-electron chi connectivity index (χ0n) is 14.0. The summed E-state index contributed by atoms with van der Waals surface area (Å²) in [5, 5.41) is 11.2. The lowest BCUT2D eigenvalue weighted by molar-refractivity contribution is 0.222. The Balaban J connectivity index is 1.89. The third-order valence-corrected chi connectivity index (χ3v) is 5.89. The Labute approximate surface area is 141 Å². The van der Waals surface area contributed by atoms with E-state index in [-0.39, 0.29) is 6.04 Å². The van der Waals surface area contributed by atoms with Gasteiger partial charge in [-0.25, -0.2) is 0 Å². The Morgan fingerprint density at radius 3 is 3.00 bits per heavy atom. The summed E-state index contributed by atoms with van der Waals surface area (Å²) in [4.78, 5) is 6.85. The highest BCUT2D eigenvalue weighted by Crippen LogP contribution is 2.44. The van der Waals surface area contributed by atoms with Gasteiger partial charge < -0.3 is 9.67 Å². The van der Waals surface area contributed by atoms with Crippen molar-refractivity contribution in [3.63, 3.8) is 0 Å². The smallest absolute Gasteiger partial charge is 0.116 e. The minimum atomic E-state index is 0.251. The number of phenols is 1. The predicted molar refractivity (Wildman–Crippen MR) is 94.4 cm³/mol. The summed E-state index contributed by atoms with van der Waals surface area (Å²) in [5.41, 5.74) is 6.78. The van der Waals surface area contributed by atoms with Crippen molar-refractivity contribution in [2.75, 3.05) is 13.6 Å². The number of phenolic OH excluding ortho intramolecular Hbond substituents is 1. The van der Waals surface area contributed by atoms with E-state index in [4.69, 9.17) is 0 Å². The lowest BCUT2D eigenvalue weighted by Gasteiger charge is -2.33. The highest BCUT2D eigenvalue weighted by molar-refractivity contribution is 5.88. The number of hydrogen-bond acceptors (Lipinski definition) is 3. The van der Waals surface area contributed by atoms with Crippen LogP contribution in [0.15, 0.2) is 36.7 Å². The van der Waals surface area contributed by atoms with E-state index < -0.39 is 0 Å². The van der Waals surface area contributed by atoms with Crippen LogP contribution in [0.2, 0.25) is 0 Å². The molecule has 2 aromatic heterocycles. The second-order valence-electron chi connectivity index (χ2n) is 7.14. The number of nitrogens with zero attached hydrogens (tertiary/aromatic N) is 3. The van der Waals surface area contributed by atoms with Gasteiger partial charge in [-0.05, 0) is 67.8 Å². The second kappa shape index (κ2) is 4.84. The van der Waals surface area contributed by atoms with Crippen LogP contribution in [0.1, 0.15) is 41.4 Å². The fourth-order valence-electron chi connectivity index (χ4n) is 4.68. The van der Waals surface area contributed by atoms with Crippen LogP contribution in [0, 0.1) is 0 Å². The van der Waals surface area contributed by atoms with Crippen molar-refractivity contribution < 1.29 is 5.11 Å². The third kappa shape index (κ3) is 1.75. The van der Waals surface area contributed by atoms with Crippen molar-refractivity contribution in [2.24, 2.45) is 0 Å². The zero-order chi connectivity index (χ0) is 16.4. The number of likely N-dealkylation sites (N-methyl/N-ethyl adjacent to an activating group) is 1. The first-order valence-electron chi connectivity index (χ1n) is 8.64. The number of fused-ring (bicyclic) bond motifs is 4. The van der Waals surface area contributed by atoms with Gasteiger partial charge in [0.15, 0.2) is 0 Å². The summed E-state index contributed by atoms with van der Waals surface area (Å²) in [6.45, 7) is 3.32. The number of aromatic hydroxyl groups is 1. The lowest BCUT2D eigenvalue weighted by atomic mass is 9.93. The third-order valence-electron chi connectivity index (χ3n) is 5.89. The van der Waals surface area contributed by atoms with Crippen molar-refractivity contribution in [2.45, 2.75) is 31.8 Å². The fraction of sp³-hybridized carbons (Fsp3) is 0.350. The molecule has 24 heavy (non-hydrogen) atoms. The second-order valence-corrected chi connectivity index (χ2v) is 7.14. The van der Waals surface area contributed by atoms with E-state index in [9.17, 15) is 5.11 Å². The molecule has 0 saturated carbocycles. The van der Waals surface area contributed by atoms with E-state index >= 15 is 0 Å². The molecular formula is C20H21N3O. The summed E-state index contributed by atoms with van der Waals surface area (Å²) in [6.07, 6.45) is 5.99. The highest BCUT2D eigenvalue weighted by atomic mass is 16.3. The topological polar surface area (TPSA) is 41.3 Å². The predicted octanol–water partition coefficient (Wildman–Crippen LogP) is 3.44. The summed E-state index contributed by atoms with van der Waals surface area (Å²) < 4.78 is 2.48. The maximum absolute atomic E-state index is 10.00. The molecule has 0 saturated heterocycles. The van der Waals surface area contributed by atoms with E-state index in [0.717, 1.165) is 19.4 Å². The monoisotopic (exact) mass is 319 g/mol. The summed E-state index contributed by atoms with van der Waals surface area (Å²) in [7, 11) is 2.23. The lowest BCUT2D eigenvalue weighted by Crippen LogP contribution is -2.34. The van der Waals surface area contributed by atoms with Crippen molar-refractivity contribution in [3.8, 4) is 5.75 Å². The number of benzene rings is 1. The SMILES string of the molecule is C[C@@H]1c2cnccc2C[C@@H]2c3c(c4cc(O)ccc4n31)CCN2C. The maximum Gasteiger partial charge on any atom is 0.116 e. The van der Waals surface area contributed by atoms with Crippen molar-refractivity contribution in [1.29, 1.82) is 0 Å². The summed E-state index contributed by atoms with van der Waals surface area (Å²) in [6, 6.07) is 8.62. The summed E-state index contributed by atoms with van der Waals surface area (Å²) >= 11 is 0. The Morgan fingerprint density at radius 2 is 2.12 bits per heavy atom. The molecule has 2 atom stereocenters. The van der Waals surface area contributed by atoms with Crippen LogP contribution < -0.4 is 0 Å². The largest absolute Gasteiger partial charge is 0.508 e. The van der Waals surface area contributed by atoms with Crippen LogP contribution >= 0.6 is 0 Å². The molecule has 3 aromatic rings. The molecule has 0 spiro atoms. The molecule has 4 heteroatoms. The van der Waals surface area contributed by atoms with E-state index in [1.54, 1.807) is 6.07 Å². The highest BCUT2D eigenvalue weighted by Gasteiger charge is 2.36. The Morgan fingerprint density at radius 1 is 1.25 bits per heavy atom. The molecular weight excluding hydrogens is 298 g/mol. The molecule has 1 aromatic carbocycles. The van der Waals surface area contributed by atoms with Gasteiger partial charge in [0.1, 0.15) is 5.75 Å². The van der Waals surface area contributed by atoms with Crippen LogP contribution in [0.4, 0.5) is 0 Å². The van der Waals surface area contributed by atoms with Crippen molar-refractivity contribution in [1.82, 2.24) is 14.5 Å². The molecule has 0 aliphatic carbocycles. The molecule has 4 heterocycles. The number of pyridine rings is 1. The molecule has 122 valence electrons. The molecule has 0 unspecified atom stereocenters. The first-order valence-corrected chi connectivity index (χ1v) is 8.64. The van der Waals surface area contributed by atoms with E-state index in [0.29, 0.717) is 11.8 Å². The standard InChI is InChI=1S/C20H21N3O/c1-12-17-11-21-7-5-13(17)9-19-20-15(6-8-22(19)2)16-10-14(24)3-4-18(16)23(12)20/h3-5,7,10-12,19,24H,6,8-9H2,1-2H3/t12-,19-/m1/s1. The molecule has 4 nitrogen and oxygen atoms in total.